The predicted octanol–water partition coefficient (Wildman–Crippen LogP) is 2.13. The van der Waals surface area contributed by atoms with Gasteiger partial charge in [-0.25, -0.2) is 4.68 Å². The van der Waals surface area contributed by atoms with E-state index in [1.807, 2.05) is 15.6 Å². The van der Waals surface area contributed by atoms with Gasteiger partial charge in [-0.3, -0.25) is 14.5 Å². The molecule has 1 N–H and O–H groups in total. The molecule has 2 aliphatic heterocycles. The molecule has 2 saturated heterocycles. The van der Waals surface area contributed by atoms with Gasteiger partial charge in [0.15, 0.2) is 12.0 Å². The Hall–Kier alpha value is -1.81. The third kappa shape index (κ3) is 4.85. The number of morpholine rings is 1. The largest absolute Gasteiger partial charge is 0.379 e. The fraction of sp³-hybridized carbons (Fsp3) is 0.550. The number of benzene rings is 1. The summed E-state index contributed by atoms with van der Waals surface area (Å²) < 4.78 is 13.8. The van der Waals surface area contributed by atoms with Crippen LogP contribution in [0.15, 0.2) is 22.8 Å². The fourth-order valence-electron chi connectivity index (χ4n) is 3.78. The van der Waals surface area contributed by atoms with Gasteiger partial charge in [0.2, 0.25) is 5.91 Å². The lowest BCUT2D eigenvalue weighted by Gasteiger charge is -2.25. The van der Waals surface area contributed by atoms with Gasteiger partial charge in [-0.05, 0) is 31.4 Å². The highest BCUT2D eigenvalue weighted by molar-refractivity contribution is 9.10. The molecule has 0 saturated carbocycles. The van der Waals surface area contributed by atoms with E-state index in [4.69, 9.17) is 9.47 Å². The molecule has 9 heteroatoms. The minimum atomic E-state index is -0.155. The monoisotopic (exact) mass is 464 g/mol. The molecule has 8 nitrogen and oxygen atoms in total. The van der Waals surface area contributed by atoms with Crippen LogP contribution in [0.3, 0.4) is 0 Å². The third-order valence-electron chi connectivity index (χ3n) is 5.33. The number of rotatable bonds is 6. The Kier molecular flexibility index (Phi) is 6.59. The summed E-state index contributed by atoms with van der Waals surface area (Å²) in [5.74, 6) is -0.298. The van der Waals surface area contributed by atoms with Crippen molar-refractivity contribution in [1.29, 1.82) is 0 Å². The predicted molar refractivity (Wildman–Crippen MR) is 111 cm³/mol. The van der Waals surface area contributed by atoms with E-state index in [9.17, 15) is 9.59 Å². The number of carbonyl (C=O) groups is 2. The van der Waals surface area contributed by atoms with Gasteiger partial charge in [0.05, 0.1) is 38.0 Å². The van der Waals surface area contributed by atoms with Crippen LogP contribution in [-0.2, 0) is 14.3 Å². The fourth-order valence-corrected chi connectivity index (χ4v) is 4.23. The Balaban J connectivity index is 1.45. The number of fused-ring (bicyclic) bond motifs is 1. The van der Waals surface area contributed by atoms with Gasteiger partial charge in [0.1, 0.15) is 0 Å². The Labute approximate surface area is 177 Å². The van der Waals surface area contributed by atoms with E-state index >= 15 is 0 Å². The number of halogens is 1. The van der Waals surface area contributed by atoms with Crippen molar-refractivity contribution in [2.75, 3.05) is 46.0 Å². The number of carbonyl (C=O) groups excluding carboxylic acids is 2. The third-order valence-corrected chi connectivity index (χ3v) is 5.78. The van der Waals surface area contributed by atoms with Gasteiger partial charge in [-0.2, -0.15) is 5.10 Å². The summed E-state index contributed by atoms with van der Waals surface area (Å²) in [5, 5.41) is 8.01. The van der Waals surface area contributed by atoms with Crippen LogP contribution < -0.4 is 5.32 Å². The average Bonchev–Trinajstić information content (AvgIpc) is 3.16. The first-order valence-corrected chi connectivity index (χ1v) is 10.8. The van der Waals surface area contributed by atoms with Gasteiger partial charge in [-0.1, -0.05) is 15.9 Å². The van der Waals surface area contributed by atoms with Gasteiger partial charge in [0.25, 0.3) is 0 Å². The second kappa shape index (κ2) is 9.34. The maximum Gasteiger partial charge on any atom is 0.234 e. The first-order chi connectivity index (χ1) is 14.1. The highest BCUT2D eigenvalue weighted by Crippen LogP contribution is 2.30. The summed E-state index contributed by atoms with van der Waals surface area (Å²) in [5.41, 5.74) is 1.40. The summed E-state index contributed by atoms with van der Waals surface area (Å²) >= 11 is 3.50. The van der Waals surface area contributed by atoms with Crippen molar-refractivity contribution in [3.8, 4) is 0 Å². The van der Waals surface area contributed by atoms with Crippen molar-refractivity contribution in [1.82, 2.24) is 20.0 Å². The Morgan fingerprint density at radius 1 is 1.21 bits per heavy atom. The lowest BCUT2D eigenvalue weighted by Crippen LogP contribution is -2.44. The van der Waals surface area contributed by atoms with Crippen molar-refractivity contribution >= 4 is 38.5 Å². The summed E-state index contributed by atoms with van der Waals surface area (Å²) in [6, 6.07) is 3.74. The van der Waals surface area contributed by atoms with Crippen molar-refractivity contribution in [3.05, 3.63) is 28.4 Å². The molecule has 1 amide bonds. The molecule has 3 heterocycles. The van der Waals surface area contributed by atoms with E-state index < -0.39 is 0 Å². The van der Waals surface area contributed by atoms with Crippen LogP contribution in [0.4, 0.5) is 0 Å². The maximum absolute atomic E-state index is 12.9. The Morgan fingerprint density at radius 2 is 2.03 bits per heavy atom. The van der Waals surface area contributed by atoms with E-state index in [1.54, 1.807) is 12.3 Å². The highest BCUT2D eigenvalue weighted by atomic mass is 79.9. The Morgan fingerprint density at radius 3 is 2.79 bits per heavy atom. The Bertz CT molecular complexity index is 888. The van der Waals surface area contributed by atoms with E-state index in [0.717, 1.165) is 54.3 Å². The molecule has 2 aliphatic rings. The van der Waals surface area contributed by atoms with Crippen LogP contribution in [0.1, 0.15) is 35.8 Å². The molecule has 1 atom stereocenters. The zero-order chi connectivity index (χ0) is 20.2. The summed E-state index contributed by atoms with van der Waals surface area (Å²) in [4.78, 5) is 27.1. The molecule has 2 aromatic rings. The van der Waals surface area contributed by atoms with Crippen LogP contribution in [0.5, 0.6) is 0 Å². The van der Waals surface area contributed by atoms with Gasteiger partial charge in [0, 0.05) is 35.1 Å². The molecule has 156 valence electrons. The molecule has 1 aromatic carbocycles. The number of Topliss-reactive ketones (excluding diaryl/α,β-unsaturated/α-hetero) is 1. The van der Waals surface area contributed by atoms with Crippen LogP contribution in [0, 0.1) is 0 Å². The molecule has 2 fully saturated rings. The van der Waals surface area contributed by atoms with E-state index in [1.165, 1.54) is 0 Å². The smallest absolute Gasteiger partial charge is 0.234 e. The molecule has 4 rings (SSSR count). The maximum atomic E-state index is 12.9. The molecule has 0 radical (unpaired) electrons. The molecule has 0 spiro atoms. The normalized spacial score (nSPS) is 20.7. The topological polar surface area (TPSA) is 85.7 Å². The first-order valence-electron chi connectivity index (χ1n) is 10.00. The van der Waals surface area contributed by atoms with E-state index in [0.29, 0.717) is 18.8 Å². The molecule has 0 aliphatic carbocycles. The van der Waals surface area contributed by atoms with Crippen molar-refractivity contribution in [2.45, 2.75) is 25.5 Å². The molecule has 1 unspecified atom stereocenters. The number of ketones is 1. The minimum absolute atomic E-state index is 0.0418. The van der Waals surface area contributed by atoms with Crippen molar-refractivity contribution < 1.29 is 19.1 Å². The molecular weight excluding hydrogens is 440 g/mol. The number of hydrogen-bond donors (Lipinski definition) is 1. The summed E-state index contributed by atoms with van der Waals surface area (Å²) in [6.07, 6.45) is 4.67. The van der Waals surface area contributed by atoms with E-state index in [-0.39, 0.29) is 31.0 Å². The van der Waals surface area contributed by atoms with Crippen LogP contribution >= 0.6 is 15.9 Å². The van der Waals surface area contributed by atoms with Gasteiger partial charge < -0.3 is 14.8 Å². The first kappa shape index (κ1) is 20.5. The van der Waals surface area contributed by atoms with E-state index in [2.05, 4.69) is 26.3 Å². The minimum Gasteiger partial charge on any atom is -0.379 e. The molecule has 1 aromatic heterocycles. The van der Waals surface area contributed by atoms with Crippen LogP contribution in [-0.4, -0.2) is 72.4 Å². The zero-order valence-corrected chi connectivity index (χ0v) is 17.8. The van der Waals surface area contributed by atoms with Crippen molar-refractivity contribution in [3.63, 3.8) is 0 Å². The number of nitrogens with zero attached hydrogens (tertiary/aromatic N) is 3. The number of hydrogen-bond acceptors (Lipinski definition) is 6. The quantitative estimate of drug-likeness (QED) is 0.659. The SMILES string of the molecule is O=C(CN1CCOCC1)NCC(=O)c1cc(Br)cc2c1cnn2C1CCCCO1. The van der Waals surface area contributed by atoms with Gasteiger partial charge >= 0.3 is 0 Å². The van der Waals surface area contributed by atoms with Crippen molar-refractivity contribution in [2.24, 2.45) is 0 Å². The lowest BCUT2D eigenvalue weighted by atomic mass is 10.1. The number of nitrogens with one attached hydrogen (secondary N) is 1. The average molecular weight is 465 g/mol. The second-order valence-electron chi connectivity index (χ2n) is 7.38. The summed E-state index contributed by atoms with van der Waals surface area (Å²) in [6.45, 7) is 3.70. The highest BCUT2D eigenvalue weighted by Gasteiger charge is 2.22. The van der Waals surface area contributed by atoms with Gasteiger partial charge in [-0.15, -0.1) is 0 Å². The van der Waals surface area contributed by atoms with Crippen LogP contribution in [0.2, 0.25) is 0 Å². The molecular formula is C20H25BrN4O4. The zero-order valence-electron chi connectivity index (χ0n) is 16.2. The lowest BCUT2D eigenvalue weighted by molar-refractivity contribution is -0.123. The number of aromatic nitrogens is 2. The second-order valence-corrected chi connectivity index (χ2v) is 8.30. The number of ether oxygens (including phenoxy) is 2. The molecule has 29 heavy (non-hydrogen) atoms. The standard InChI is InChI=1S/C20H25BrN4O4/c21-14-9-15(18(26)12-22-19(27)13-24-4-7-28-8-5-24)16-11-23-25(17(16)10-14)20-3-1-2-6-29-20/h9-11,20H,1-8,12-13H2,(H,22,27). The molecule has 0 bridgehead atoms. The number of amides is 1. The summed E-state index contributed by atoms with van der Waals surface area (Å²) in [7, 11) is 0. The van der Waals surface area contributed by atoms with Crippen LogP contribution in [0.25, 0.3) is 10.9 Å².